The zero-order valence-corrected chi connectivity index (χ0v) is 13.5. The van der Waals surface area contributed by atoms with Crippen LogP contribution in [0.2, 0.25) is 0 Å². The summed E-state index contributed by atoms with van der Waals surface area (Å²) in [6.07, 6.45) is 7.92. The largest absolute Gasteiger partial charge is 0.469 e. The predicted octanol–water partition coefficient (Wildman–Crippen LogP) is 1.63. The summed E-state index contributed by atoms with van der Waals surface area (Å²) in [5.41, 5.74) is -1.05. The molecule has 1 aliphatic carbocycles. The number of Topliss-reactive ketones (excluding diaryl/α,β-unsaturated/α-hetero) is 1. The lowest BCUT2D eigenvalue weighted by atomic mass is 9.97. The molecule has 0 aliphatic heterocycles. The molecule has 1 rings (SSSR count). The minimum Gasteiger partial charge on any atom is -0.469 e. The monoisotopic (exact) mass is 314 g/mol. The van der Waals surface area contributed by atoms with E-state index in [0.29, 0.717) is 18.4 Å². The Bertz CT molecular complexity index is 502. The van der Waals surface area contributed by atoms with Crippen molar-refractivity contribution in [2.24, 2.45) is 0 Å². The normalized spacial score (nSPS) is 25.0. The van der Waals surface area contributed by atoms with Crippen LogP contribution in [0.15, 0.2) is 22.6 Å². The first-order valence-electron chi connectivity index (χ1n) is 6.90. The SMILES string of the molecule is COC(=O)CCCCC/C=C1\C(=O)C(S(C)=O)=CC1(C)O. The molecule has 0 spiro atoms. The molecule has 0 heterocycles. The summed E-state index contributed by atoms with van der Waals surface area (Å²) < 4.78 is 16.0. The Balaban J connectivity index is 2.49. The summed E-state index contributed by atoms with van der Waals surface area (Å²) in [7, 11) is -0.0318. The highest BCUT2D eigenvalue weighted by molar-refractivity contribution is 7.89. The maximum Gasteiger partial charge on any atom is 0.305 e. The lowest BCUT2D eigenvalue weighted by Gasteiger charge is -2.15. The number of carbonyl (C=O) groups excluding carboxylic acids is 2. The molecule has 1 aliphatic rings. The topological polar surface area (TPSA) is 80.7 Å². The number of ketones is 1. The van der Waals surface area contributed by atoms with E-state index in [-0.39, 0.29) is 16.7 Å². The van der Waals surface area contributed by atoms with Crippen molar-refractivity contribution in [1.29, 1.82) is 0 Å². The van der Waals surface area contributed by atoms with Gasteiger partial charge < -0.3 is 9.84 Å². The molecule has 0 bridgehead atoms. The van der Waals surface area contributed by atoms with Crippen LogP contribution < -0.4 is 0 Å². The second-order valence-electron chi connectivity index (χ2n) is 5.23. The van der Waals surface area contributed by atoms with E-state index in [1.54, 1.807) is 6.08 Å². The van der Waals surface area contributed by atoms with Gasteiger partial charge in [0.1, 0.15) is 5.60 Å². The number of hydrogen-bond donors (Lipinski definition) is 1. The van der Waals surface area contributed by atoms with Crippen molar-refractivity contribution in [1.82, 2.24) is 0 Å². The lowest BCUT2D eigenvalue weighted by molar-refractivity contribution is -0.140. The van der Waals surface area contributed by atoms with Crippen molar-refractivity contribution in [2.45, 2.75) is 44.6 Å². The molecule has 0 radical (unpaired) electrons. The van der Waals surface area contributed by atoms with Crippen molar-refractivity contribution < 1.29 is 23.6 Å². The van der Waals surface area contributed by atoms with Crippen molar-refractivity contribution in [3.63, 3.8) is 0 Å². The summed E-state index contributed by atoms with van der Waals surface area (Å²) in [6.45, 7) is 1.52. The molecule has 2 atom stereocenters. The van der Waals surface area contributed by atoms with Gasteiger partial charge in [-0.05, 0) is 32.3 Å². The minimum atomic E-state index is -1.40. The molecule has 0 saturated carbocycles. The van der Waals surface area contributed by atoms with Crippen LogP contribution in [0, 0.1) is 0 Å². The number of unbranched alkanes of at least 4 members (excludes halogenated alkanes) is 3. The highest BCUT2D eigenvalue weighted by atomic mass is 32.2. The molecule has 0 saturated heterocycles. The van der Waals surface area contributed by atoms with Gasteiger partial charge in [-0.25, -0.2) is 0 Å². The van der Waals surface area contributed by atoms with Crippen LogP contribution in [0.1, 0.15) is 39.0 Å². The first-order valence-corrected chi connectivity index (χ1v) is 8.46. The maximum absolute atomic E-state index is 12.1. The van der Waals surface area contributed by atoms with Crippen LogP contribution in [-0.4, -0.2) is 40.0 Å². The Labute approximate surface area is 127 Å². The fourth-order valence-electron chi connectivity index (χ4n) is 2.21. The Hall–Kier alpha value is -1.27. The van der Waals surface area contributed by atoms with E-state index in [1.165, 1.54) is 26.4 Å². The molecule has 5 nitrogen and oxygen atoms in total. The fourth-order valence-corrected chi connectivity index (χ4v) is 2.98. The van der Waals surface area contributed by atoms with Gasteiger partial charge in [0, 0.05) is 18.2 Å². The standard InChI is InChI=1S/C15H22O5S/c1-15(18)10-12(21(3)19)14(17)11(15)8-6-4-5-7-9-13(16)20-2/h8,10,18H,4-7,9H2,1-3H3/b11-8+. The second kappa shape index (κ2) is 7.66. The third-order valence-corrected chi connectivity index (χ3v) is 4.32. The van der Waals surface area contributed by atoms with Crippen molar-refractivity contribution in [3.8, 4) is 0 Å². The summed E-state index contributed by atoms with van der Waals surface area (Å²) in [5.74, 6) is -0.558. The van der Waals surface area contributed by atoms with Crippen molar-refractivity contribution in [2.75, 3.05) is 13.4 Å². The van der Waals surface area contributed by atoms with E-state index in [9.17, 15) is 18.9 Å². The Morgan fingerprint density at radius 3 is 2.62 bits per heavy atom. The van der Waals surface area contributed by atoms with Gasteiger partial charge in [0.05, 0.1) is 22.8 Å². The summed E-state index contributed by atoms with van der Waals surface area (Å²) in [6, 6.07) is 0. The Kier molecular flexibility index (Phi) is 6.48. The number of aliphatic hydroxyl groups is 1. The van der Waals surface area contributed by atoms with Gasteiger partial charge in [0.25, 0.3) is 0 Å². The number of ether oxygens (including phenoxy) is 1. The molecule has 21 heavy (non-hydrogen) atoms. The van der Waals surface area contributed by atoms with Crippen LogP contribution in [-0.2, 0) is 25.1 Å². The van der Waals surface area contributed by atoms with Crippen LogP contribution in [0.5, 0.6) is 0 Å². The smallest absolute Gasteiger partial charge is 0.305 e. The average molecular weight is 314 g/mol. The molecule has 1 N–H and O–H groups in total. The van der Waals surface area contributed by atoms with Gasteiger partial charge in [0.2, 0.25) is 5.78 Å². The van der Waals surface area contributed by atoms with E-state index < -0.39 is 16.4 Å². The van der Waals surface area contributed by atoms with Gasteiger partial charge in [-0.1, -0.05) is 12.5 Å². The van der Waals surface area contributed by atoms with Crippen LogP contribution in [0.4, 0.5) is 0 Å². The van der Waals surface area contributed by atoms with E-state index in [0.717, 1.165) is 19.3 Å². The third-order valence-electron chi connectivity index (χ3n) is 3.40. The van der Waals surface area contributed by atoms with E-state index in [4.69, 9.17) is 0 Å². The zero-order valence-electron chi connectivity index (χ0n) is 12.7. The van der Waals surface area contributed by atoms with Gasteiger partial charge in [-0.3, -0.25) is 13.8 Å². The average Bonchev–Trinajstić information content (AvgIpc) is 2.64. The Morgan fingerprint density at radius 2 is 2.10 bits per heavy atom. The van der Waals surface area contributed by atoms with Gasteiger partial charge in [-0.15, -0.1) is 0 Å². The van der Waals surface area contributed by atoms with Crippen LogP contribution >= 0.6 is 0 Å². The molecule has 0 fully saturated rings. The number of esters is 1. The highest BCUT2D eigenvalue weighted by Crippen LogP contribution is 2.32. The number of methoxy groups -OCH3 is 1. The van der Waals surface area contributed by atoms with Crippen LogP contribution in [0.3, 0.4) is 0 Å². The van der Waals surface area contributed by atoms with Crippen LogP contribution in [0.25, 0.3) is 0 Å². The molecular formula is C15H22O5S. The zero-order chi connectivity index (χ0) is 16.0. The van der Waals surface area contributed by atoms with E-state index >= 15 is 0 Å². The number of rotatable bonds is 7. The highest BCUT2D eigenvalue weighted by Gasteiger charge is 2.39. The fraction of sp³-hybridized carbons (Fsp3) is 0.600. The summed E-state index contributed by atoms with van der Waals surface area (Å²) >= 11 is 0. The van der Waals surface area contributed by atoms with Gasteiger partial charge in [-0.2, -0.15) is 0 Å². The van der Waals surface area contributed by atoms with Crippen molar-refractivity contribution in [3.05, 3.63) is 22.6 Å². The van der Waals surface area contributed by atoms with Gasteiger partial charge in [0.15, 0.2) is 0 Å². The molecule has 118 valence electrons. The minimum absolute atomic E-state index is 0.164. The third kappa shape index (κ3) is 4.89. The summed E-state index contributed by atoms with van der Waals surface area (Å²) in [5, 5.41) is 10.2. The molecule has 6 heteroatoms. The molecule has 0 aromatic carbocycles. The second-order valence-corrected chi connectivity index (χ2v) is 6.58. The van der Waals surface area contributed by atoms with E-state index in [2.05, 4.69) is 4.74 Å². The number of allylic oxidation sites excluding steroid dienone is 2. The number of hydrogen-bond acceptors (Lipinski definition) is 5. The molecular weight excluding hydrogens is 292 g/mol. The van der Waals surface area contributed by atoms with Gasteiger partial charge >= 0.3 is 5.97 Å². The lowest BCUT2D eigenvalue weighted by Crippen LogP contribution is -2.23. The molecule has 0 amide bonds. The predicted molar refractivity (Wildman–Crippen MR) is 81.0 cm³/mol. The maximum atomic E-state index is 12.1. The van der Waals surface area contributed by atoms with E-state index in [1.807, 2.05) is 0 Å². The molecule has 2 unspecified atom stereocenters. The number of carbonyl (C=O) groups is 2. The van der Waals surface area contributed by atoms with Crippen molar-refractivity contribution >= 4 is 22.6 Å². The molecule has 0 aromatic rings. The first-order chi connectivity index (χ1) is 9.79. The molecule has 0 aromatic heterocycles. The first kappa shape index (κ1) is 17.8. The quantitative estimate of drug-likeness (QED) is 0.439. The Morgan fingerprint density at radius 1 is 1.43 bits per heavy atom. The summed E-state index contributed by atoms with van der Waals surface area (Å²) in [4.78, 5) is 23.2.